The molecule has 2 heteroatoms. The molecule has 0 unspecified atom stereocenters. The highest BCUT2D eigenvalue weighted by molar-refractivity contribution is 6.17. The lowest BCUT2D eigenvalue weighted by molar-refractivity contribution is 1.22. The lowest BCUT2D eigenvalue weighted by Crippen LogP contribution is -1.90. The van der Waals surface area contributed by atoms with Crippen LogP contribution in [0.3, 0.4) is 0 Å². The number of aromatic nitrogens is 1. The standard InChI is InChI=1S/C16H12ClN/c17-11-13-10-15(12-6-2-1-3-7-12)14-8-4-5-9-16(14)18-13/h1-10H,11H2. The van der Waals surface area contributed by atoms with E-state index in [0.29, 0.717) is 5.88 Å². The van der Waals surface area contributed by atoms with Crippen molar-refractivity contribution in [1.29, 1.82) is 0 Å². The van der Waals surface area contributed by atoms with Crippen LogP contribution in [-0.2, 0) is 5.88 Å². The summed E-state index contributed by atoms with van der Waals surface area (Å²) in [6.07, 6.45) is 0. The van der Waals surface area contributed by atoms with Crippen molar-refractivity contribution in [1.82, 2.24) is 4.98 Å². The number of rotatable bonds is 2. The van der Waals surface area contributed by atoms with Crippen LogP contribution in [0.5, 0.6) is 0 Å². The summed E-state index contributed by atoms with van der Waals surface area (Å²) >= 11 is 5.92. The fourth-order valence-electron chi connectivity index (χ4n) is 2.16. The summed E-state index contributed by atoms with van der Waals surface area (Å²) in [5.74, 6) is 0.435. The van der Waals surface area contributed by atoms with Crippen molar-refractivity contribution in [2.45, 2.75) is 5.88 Å². The van der Waals surface area contributed by atoms with Crippen molar-refractivity contribution in [3.63, 3.8) is 0 Å². The van der Waals surface area contributed by atoms with Gasteiger partial charge >= 0.3 is 0 Å². The van der Waals surface area contributed by atoms with Gasteiger partial charge in [-0.15, -0.1) is 11.6 Å². The molecule has 1 heterocycles. The number of alkyl halides is 1. The van der Waals surface area contributed by atoms with Gasteiger partial charge in [-0.25, -0.2) is 0 Å². The Morgan fingerprint density at radius 3 is 2.39 bits per heavy atom. The molecule has 88 valence electrons. The van der Waals surface area contributed by atoms with Gasteiger partial charge in [-0.05, 0) is 23.3 Å². The quantitative estimate of drug-likeness (QED) is 0.606. The highest BCUT2D eigenvalue weighted by atomic mass is 35.5. The molecule has 0 fully saturated rings. The first kappa shape index (κ1) is 11.2. The zero-order valence-corrected chi connectivity index (χ0v) is 10.6. The molecule has 18 heavy (non-hydrogen) atoms. The number of halogens is 1. The molecule has 1 nitrogen and oxygen atoms in total. The van der Waals surface area contributed by atoms with Gasteiger partial charge in [-0.1, -0.05) is 48.5 Å². The molecule has 0 aliphatic carbocycles. The Balaban J connectivity index is 2.33. The summed E-state index contributed by atoms with van der Waals surface area (Å²) < 4.78 is 0. The molecule has 0 aliphatic heterocycles. The van der Waals surface area contributed by atoms with Crippen molar-refractivity contribution < 1.29 is 0 Å². The number of para-hydroxylation sites is 1. The van der Waals surface area contributed by atoms with Gasteiger partial charge in [0.25, 0.3) is 0 Å². The minimum absolute atomic E-state index is 0.435. The monoisotopic (exact) mass is 253 g/mol. The molecular weight excluding hydrogens is 242 g/mol. The van der Waals surface area contributed by atoms with E-state index in [1.54, 1.807) is 0 Å². The normalized spacial score (nSPS) is 10.7. The van der Waals surface area contributed by atoms with E-state index in [2.05, 4.69) is 29.2 Å². The first-order valence-corrected chi connectivity index (χ1v) is 6.42. The molecule has 0 saturated heterocycles. The van der Waals surface area contributed by atoms with Gasteiger partial charge in [0.05, 0.1) is 17.1 Å². The SMILES string of the molecule is ClCc1cc(-c2ccccc2)c2ccccc2n1. The first-order valence-electron chi connectivity index (χ1n) is 5.88. The lowest BCUT2D eigenvalue weighted by Gasteiger charge is -2.08. The van der Waals surface area contributed by atoms with Crippen LogP contribution in [-0.4, -0.2) is 4.98 Å². The summed E-state index contributed by atoms with van der Waals surface area (Å²) in [5.41, 5.74) is 4.29. The summed E-state index contributed by atoms with van der Waals surface area (Å²) in [6.45, 7) is 0. The Morgan fingerprint density at radius 2 is 1.61 bits per heavy atom. The molecule has 1 aromatic heterocycles. The molecule has 3 aromatic rings. The third-order valence-electron chi connectivity index (χ3n) is 2.99. The molecule has 0 bridgehead atoms. The molecule has 0 N–H and O–H groups in total. The number of nitrogens with zero attached hydrogens (tertiary/aromatic N) is 1. The van der Waals surface area contributed by atoms with Gasteiger partial charge < -0.3 is 0 Å². The zero-order valence-electron chi connectivity index (χ0n) is 9.81. The molecule has 0 aliphatic rings. The Bertz CT molecular complexity index is 677. The fraction of sp³-hybridized carbons (Fsp3) is 0.0625. The minimum Gasteiger partial charge on any atom is -0.252 e. The Hall–Kier alpha value is -1.86. The van der Waals surface area contributed by atoms with E-state index in [0.717, 1.165) is 16.6 Å². The molecule has 0 saturated carbocycles. The molecule has 0 spiro atoms. The minimum atomic E-state index is 0.435. The number of hydrogen-bond acceptors (Lipinski definition) is 1. The van der Waals surface area contributed by atoms with Crippen molar-refractivity contribution >= 4 is 22.5 Å². The number of benzene rings is 2. The maximum absolute atomic E-state index is 5.92. The van der Waals surface area contributed by atoms with E-state index in [9.17, 15) is 0 Å². The van der Waals surface area contributed by atoms with E-state index in [4.69, 9.17) is 11.6 Å². The number of hydrogen-bond donors (Lipinski definition) is 0. The van der Waals surface area contributed by atoms with Gasteiger partial charge in [0.15, 0.2) is 0 Å². The molecule has 0 atom stereocenters. The van der Waals surface area contributed by atoms with Crippen LogP contribution in [0.2, 0.25) is 0 Å². The summed E-state index contributed by atoms with van der Waals surface area (Å²) in [4.78, 5) is 4.55. The maximum Gasteiger partial charge on any atom is 0.0712 e. The molecule has 0 amide bonds. The molecule has 0 radical (unpaired) electrons. The topological polar surface area (TPSA) is 12.9 Å². The van der Waals surface area contributed by atoms with Crippen molar-refractivity contribution in [2.75, 3.05) is 0 Å². The van der Waals surface area contributed by atoms with Crippen LogP contribution in [0, 0.1) is 0 Å². The van der Waals surface area contributed by atoms with Crippen LogP contribution >= 0.6 is 11.6 Å². The van der Waals surface area contributed by atoms with Crippen LogP contribution < -0.4 is 0 Å². The maximum atomic E-state index is 5.92. The fourth-order valence-corrected chi connectivity index (χ4v) is 2.29. The van der Waals surface area contributed by atoms with Crippen molar-refractivity contribution in [3.05, 3.63) is 66.4 Å². The van der Waals surface area contributed by atoms with E-state index in [1.165, 1.54) is 11.1 Å². The van der Waals surface area contributed by atoms with E-state index >= 15 is 0 Å². The second kappa shape index (κ2) is 4.79. The van der Waals surface area contributed by atoms with Crippen molar-refractivity contribution in [3.8, 4) is 11.1 Å². The lowest BCUT2D eigenvalue weighted by atomic mass is 10.0. The summed E-state index contributed by atoms with van der Waals surface area (Å²) in [7, 11) is 0. The number of fused-ring (bicyclic) bond motifs is 1. The average Bonchev–Trinajstić information content (AvgIpc) is 2.47. The predicted molar refractivity (Wildman–Crippen MR) is 76.7 cm³/mol. The Labute approximate surface area is 111 Å². The van der Waals surface area contributed by atoms with Gasteiger partial charge in [-0.3, -0.25) is 4.98 Å². The highest BCUT2D eigenvalue weighted by Gasteiger charge is 2.06. The Kier molecular flexibility index (Phi) is 2.99. The summed E-state index contributed by atoms with van der Waals surface area (Å²) in [6, 6.07) is 20.6. The van der Waals surface area contributed by atoms with Gasteiger partial charge in [0, 0.05) is 5.39 Å². The van der Waals surface area contributed by atoms with Gasteiger partial charge in [-0.2, -0.15) is 0 Å². The summed E-state index contributed by atoms with van der Waals surface area (Å²) in [5, 5.41) is 1.16. The predicted octanol–water partition coefficient (Wildman–Crippen LogP) is 4.64. The smallest absolute Gasteiger partial charge is 0.0712 e. The third-order valence-corrected chi connectivity index (χ3v) is 3.26. The van der Waals surface area contributed by atoms with Gasteiger partial charge in [0.1, 0.15) is 0 Å². The second-order valence-corrected chi connectivity index (χ2v) is 4.45. The van der Waals surface area contributed by atoms with Crippen LogP contribution in [0.4, 0.5) is 0 Å². The average molecular weight is 254 g/mol. The molecule has 2 aromatic carbocycles. The van der Waals surface area contributed by atoms with Crippen LogP contribution in [0.15, 0.2) is 60.7 Å². The second-order valence-electron chi connectivity index (χ2n) is 4.18. The first-order chi connectivity index (χ1) is 8.88. The van der Waals surface area contributed by atoms with Crippen LogP contribution in [0.25, 0.3) is 22.0 Å². The number of pyridine rings is 1. The van der Waals surface area contributed by atoms with E-state index < -0.39 is 0 Å². The Morgan fingerprint density at radius 1 is 0.889 bits per heavy atom. The largest absolute Gasteiger partial charge is 0.252 e. The van der Waals surface area contributed by atoms with Crippen LogP contribution in [0.1, 0.15) is 5.69 Å². The highest BCUT2D eigenvalue weighted by Crippen LogP contribution is 2.28. The van der Waals surface area contributed by atoms with E-state index in [-0.39, 0.29) is 0 Å². The van der Waals surface area contributed by atoms with E-state index in [1.807, 2.05) is 36.4 Å². The molecule has 3 rings (SSSR count). The zero-order chi connectivity index (χ0) is 12.4. The molecular formula is C16H12ClN. The van der Waals surface area contributed by atoms with Gasteiger partial charge in [0.2, 0.25) is 0 Å². The van der Waals surface area contributed by atoms with Crippen molar-refractivity contribution in [2.24, 2.45) is 0 Å². The third kappa shape index (κ3) is 1.98.